The third kappa shape index (κ3) is 3.67. The summed E-state index contributed by atoms with van der Waals surface area (Å²) in [4.78, 5) is 25.1. The van der Waals surface area contributed by atoms with E-state index in [1.54, 1.807) is 11.4 Å². The van der Waals surface area contributed by atoms with E-state index in [0.29, 0.717) is 34.9 Å². The zero-order valence-electron chi connectivity index (χ0n) is 15.9. The van der Waals surface area contributed by atoms with Crippen molar-refractivity contribution < 1.29 is 24.1 Å². The Labute approximate surface area is 171 Å². The van der Waals surface area contributed by atoms with Crippen molar-refractivity contribution in [3.8, 4) is 17.2 Å². The van der Waals surface area contributed by atoms with Gasteiger partial charge in [-0.3, -0.25) is 4.79 Å². The van der Waals surface area contributed by atoms with Crippen LogP contribution in [-0.2, 0) is 6.54 Å². The fourth-order valence-corrected chi connectivity index (χ4v) is 4.26. The standard InChI is InChI=1S/C21H21NO6S/c1-2-3-9-26-18-17(21(24)25)19-14(8-10-29-19)22(20(18)23)11-13-12-27-15-6-4-5-7-16(15)28-13/h4-8,10,13H,2-3,9,11-12H2,1H3,(H,24,25). The molecule has 3 aromatic rings. The predicted octanol–water partition coefficient (Wildman–Crippen LogP) is 3.78. The second kappa shape index (κ2) is 8.16. The Bertz CT molecular complexity index is 1100. The molecular formula is C21H21NO6S. The van der Waals surface area contributed by atoms with Crippen LogP contribution >= 0.6 is 11.3 Å². The minimum Gasteiger partial charge on any atom is -0.487 e. The van der Waals surface area contributed by atoms with Gasteiger partial charge in [0.15, 0.2) is 17.6 Å². The summed E-state index contributed by atoms with van der Waals surface area (Å²) in [6, 6.07) is 9.12. The van der Waals surface area contributed by atoms with Crippen molar-refractivity contribution in [3.05, 3.63) is 51.6 Å². The first-order valence-electron chi connectivity index (χ1n) is 9.48. The Balaban J connectivity index is 1.73. The predicted molar refractivity (Wildman–Crippen MR) is 110 cm³/mol. The van der Waals surface area contributed by atoms with Gasteiger partial charge in [0.1, 0.15) is 12.2 Å². The fraction of sp³-hybridized carbons (Fsp3) is 0.333. The molecule has 0 radical (unpaired) electrons. The summed E-state index contributed by atoms with van der Waals surface area (Å²) >= 11 is 1.28. The van der Waals surface area contributed by atoms with Gasteiger partial charge >= 0.3 is 5.97 Å². The Morgan fingerprint density at radius 2 is 2.10 bits per heavy atom. The van der Waals surface area contributed by atoms with Crippen LogP contribution in [0.1, 0.15) is 30.1 Å². The number of carboxylic acids is 1. The molecule has 1 atom stereocenters. The van der Waals surface area contributed by atoms with Crippen LogP contribution in [-0.4, -0.2) is 35.0 Å². The lowest BCUT2D eigenvalue weighted by atomic mass is 10.2. The van der Waals surface area contributed by atoms with Gasteiger partial charge in [0, 0.05) is 0 Å². The van der Waals surface area contributed by atoms with Crippen LogP contribution in [0.2, 0.25) is 0 Å². The van der Waals surface area contributed by atoms with E-state index in [4.69, 9.17) is 14.2 Å². The minimum absolute atomic E-state index is 0.0708. The van der Waals surface area contributed by atoms with Crippen LogP contribution in [0.25, 0.3) is 10.2 Å². The van der Waals surface area contributed by atoms with Crippen LogP contribution < -0.4 is 19.8 Å². The molecule has 7 nitrogen and oxygen atoms in total. The number of nitrogens with zero attached hydrogens (tertiary/aromatic N) is 1. The number of hydrogen-bond donors (Lipinski definition) is 1. The summed E-state index contributed by atoms with van der Waals surface area (Å²) in [5, 5.41) is 11.5. The normalized spacial score (nSPS) is 15.4. The number of ether oxygens (including phenoxy) is 3. The van der Waals surface area contributed by atoms with E-state index in [-0.39, 0.29) is 24.0 Å². The molecule has 0 spiro atoms. The monoisotopic (exact) mass is 415 g/mol. The van der Waals surface area contributed by atoms with Gasteiger partial charge in [0.05, 0.1) is 23.4 Å². The first kappa shape index (κ1) is 19.3. The highest BCUT2D eigenvalue weighted by molar-refractivity contribution is 7.17. The molecule has 1 aliphatic heterocycles. The molecule has 0 bridgehead atoms. The maximum atomic E-state index is 13.2. The topological polar surface area (TPSA) is 87.0 Å². The van der Waals surface area contributed by atoms with Gasteiger partial charge in [0.25, 0.3) is 5.56 Å². The number of carbonyl (C=O) groups is 1. The van der Waals surface area contributed by atoms with Crippen molar-refractivity contribution in [2.24, 2.45) is 0 Å². The summed E-state index contributed by atoms with van der Waals surface area (Å²) < 4.78 is 19.4. The van der Waals surface area contributed by atoms with Gasteiger partial charge in [-0.25, -0.2) is 4.79 Å². The molecule has 2 aromatic heterocycles. The molecule has 1 aliphatic rings. The fourth-order valence-electron chi connectivity index (χ4n) is 3.33. The molecule has 0 fully saturated rings. The van der Waals surface area contributed by atoms with E-state index < -0.39 is 11.5 Å². The number of aromatic carboxylic acids is 1. The Kier molecular flexibility index (Phi) is 5.44. The number of hydrogen-bond acceptors (Lipinski definition) is 6. The van der Waals surface area contributed by atoms with Gasteiger partial charge in [0.2, 0.25) is 5.75 Å². The molecule has 29 heavy (non-hydrogen) atoms. The SMILES string of the molecule is CCCCOc1c(C(=O)O)c2sccc2n(CC2COc3ccccc3O2)c1=O. The second-order valence-electron chi connectivity index (χ2n) is 6.76. The van der Waals surface area contributed by atoms with Crippen molar-refractivity contribution in [1.82, 2.24) is 4.57 Å². The lowest BCUT2D eigenvalue weighted by Gasteiger charge is -2.27. The van der Waals surface area contributed by atoms with E-state index in [1.807, 2.05) is 31.2 Å². The van der Waals surface area contributed by atoms with Gasteiger partial charge in [-0.15, -0.1) is 11.3 Å². The highest BCUT2D eigenvalue weighted by Gasteiger charge is 2.27. The summed E-state index contributed by atoms with van der Waals surface area (Å²) in [5.74, 6) is 0.0129. The Morgan fingerprint density at radius 3 is 2.86 bits per heavy atom. The van der Waals surface area contributed by atoms with Crippen LogP contribution in [0.15, 0.2) is 40.5 Å². The largest absolute Gasteiger partial charge is 0.487 e. The van der Waals surface area contributed by atoms with Crippen LogP contribution in [0.5, 0.6) is 17.2 Å². The molecular weight excluding hydrogens is 394 g/mol. The van der Waals surface area contributed by atoms with E-state index >= 15 is 0 Å². The molecule has 152 valence electrons. The number of fused-ring (bicyclic) bond motifs is 2. The number of para-hydroxylation sites is 2. The number of thiophene rings is 1. The average Bonchev–Trinajstić information content (AvgIpc) is 3.19. The zero-order valence-corrected chi connectivity index (χ0v) is 16.7. The molecule has 4 rings (SSSR count). The molecule has 0 saturated heterocycles. The quantitative estimate of drug-likeness (QED) is 0.591. The Hall–Kier alpha value is -3.00. The van der Waals surface area contributed by atoms with E-state index in [1.165, 1.54) is 15.9 Å². The van der Waals surface area contributed by atoms with Gasteiger partial charge in [-0.1, -0.05) is 25.5 Å². The molecule has 0 aliphatic carbocycles. The third-order valence-electron chi connectivity index (χ3n) is 4.74. The zero-order chi connectivity index (χ0) is 20.4. The van der Waals surface area contributed by atoms with Gasteiger partial charge < -0.3 is 23.9 Å². The van der Waals surface area contributed by atoms with Crippen LogP contribution in [0, 0.1) is 0 Å². The minimum atomic E-state index is -1.17. The first-order chi connectivity index (χ1) is 14.1. The molecule has 0 saturated carbocycles. The molecule has 1 N–H and O–H groups in total. The van der Waals surface area contributed by atoms with Crippen molar-refractivity contribution in [1.29, 1.82) is 0 Å². The van der Waals surface area contributed by atoms with Crippen molar-refractivity contribution in [2.45, 2.75) is 32.4 Å². The smallest absolute Gasteiger partial charge is 0.341 e. The average molecular weight is 415 g/mol. The Morgan fingerprint density at radius 1 is 1.31 bits per heavy atom. The van der Waals surface area contributed by atoms with Crippen molar-refractivity contribution >= 4 is 27.5 Å². The van der Waals surface area contributed by atoms with E-state index in [9.17, 15) is 14.7 Å². The maximum Gasteiger partial charge on any atom is 0.341 e. The van der Waals surface area contributed by atoms with Gasteiger partial charge in [-0.2, -0.15) is 0 Å². The molecule has 1 unspecified atom stereocenters. The van der Waals surface area contributed by atoms with Gasteiger partial charge in [-0.05, 0) is 30.0 Å². The van der Waals surface area contributed by atoms with Crippen molar-refractivity contribution in [3.63, 3.8) is 0 Å². The van der Waals surface area contributed by atoms with Crippen molar-refractivity contribution in [2.75, 3.05) is 13.2 Å². The molecule has 8 heteroatoms. The maximum absolute atomic E-state index is 13.2. The van der Waals surface area contributed by atoms with Crippen LogP contribution in [0.3, 0.4) is 0 Å². The lowest BCUT2D eigenvalue weighted by Crippen LogP contribution is -2.37. The van der Waals surface area contributed by atoms with E-state index in [2.05, 4.69) is 0 Å². The summed E-state index contributed by atoms with van der Waals surface area (Å²) in [7, 11) is 0. The number of benzene rings is 1. The second-order valence-corrected chi connectivity index (χ2v) is 7.68. The third-order valence-corrected chi connectivity index (χ3v) is 5.66. The number of aromatic nitrogens is 1. The molecule has 1 aromatic carbocycles. The number of carboxylic acid groups (broad SMARTS) is 1. The summed E-state index contributed by atoms with van der Waals surface area (Å²) in [6.45, 7) is 2.81. The van der Waals surface area contributed by atoms with Crippen LogP contribution in [0.4, 0.5) is 0 Å². The first-order valence-corrected chi connectivity index (χ1v) is 10.4. The highest BCUT2D eigenvalue weighted by Crippen LogP contribution is 2.33. The van der Waals surface area contributed by atoms with E-state index in [0.717, 1.165) is 12.8 Å². The lowest BCUT2D eigenvalue weighted by molar-refractivity contribution is 0.0693. The summed E-state index contributed by atoms with van der Waals surface area (Å²) in [6.07, 6.45) is 1.23. The summed E-state index contributed by atoms with van der Waals surface area (Å²) in [5.41, 5.74) is 0.0214. The number of unbranched alkanes of at least 4 members (excludes halogenated alkanes) is 1. The molecule has 0 amide bonds. The molecule has 3 heterocycles. The number of rotatable bonds is 7. The number of pyridine rings is 1. The highest BCUT2D eigenvalue weighted by atomic mass is 32.1.